The number of nitrogens with zero attached hydrogens (tertiary/aromatic N) is 1. The van der Waals surface area contributed by atoms with Crippen molar-refractivity contribution in [2.24, 2.45) is 0 Å². The molecule has 0 spiro atoms. The van der Waals surface area contributed by atoms with Crippen molar-refractivity contribution in [2.75, 3.05) is 18.5 Å². The molecule has 0 radical (unpaired) electrons. The second kappa shape index (κ2) is 8.85. The number of rotatable bonds is 7. The number of thiophene rings is 1. The van der Waals surface area contributed by atoms with Crippen LogP contribution >= 0.6 is 22.9 Å². The zero-order valence-electron chi connectivity index (χ0n) is 17.2. The van der Waals surface area contributed by atoms with E-state index in [0.29, 0.717) is 22.1 Å². The summed E-state index contributed by atoms with van der Waals surface area (Å²) < 4.78 is 38.5. The highest BCUT2D eigenvalue weighted by molar-refractivity contribution is 7.92. The molecule has 166 valence electrons. The van der Waals surface area contributed by atoms with E-state index < -0.39 is 10.0 Å². The van der Waals surface area contributed by atoms with E-state index in [9.17, 15) is 13.2 Å². The molecular weight excluding hydrogens is 472 g/mol. The second-order valence-corrected chi connectivity index (χ2v) is 10.3. The van der Waals surface area contributed by atoms with E-state index in [2.05, 4.69) is 5.32 Å². The van der Waals surface area contributed by atoms with Gasteiger partial charge in [0.05, 0.1) is 40.4 Å². The van der Waals surface area contributed by atoms with Gasteiger partial charge in [0, 0.05) is 11.7 Å². The van der Waals surface area contributed by atoms with Crippen molar-refractivity contribution in [1.29, 1.82) is 0 Å². The molecular formula is C22H19ClN2O5S2. The molecule has 1 N–H and O–H groups in total. The summed E-state index contributed by atoms with van der Waals surface area (Å²) in [6, 6.07) is 14.8. The van der Waals surface area contributed by atoms with Crippen molar-refractivity contribution < 1.29 is 22.4 Å². The van der Waals surface area contributed by atoms with E-state index in [0.717, 1.165) is 10.1 Å². The van der Waals surface area contributed by atoms with Crippen LogP contribution in [0.25, 0.3) is 10.1 Å². The van der Waals surface area contributed by atoms with Gasteiger partial charge >= 0.3 is 0 Å². The summed E-state index contributed by atoms with van der Waals surface area (Å²) in [4.78, 5) is 13.1. The Balaban J connectivity index is 1.57. The van der Waals surface area contributed by atoms with E-state index in [-0.39, 0.29) is 22.4 Å². The Morgan fingerprint density at radius 1 is 1.19 bits per heavy atom. The number of halogens is 1. The monoisotopic (exact) mass is 490 g/mol. The smallest absolute Gasteiger partial charge is 0.264 e. The molecule has 10 heteroatoms. The molecule has 4 aromatic rings. The summed E-state index contributed by atoms with van der Waals surface area (Å²) in [6.07, 6.45) is 1.55. The number of carbonyl (C=O) groups is 1. The molecule has 0 atom stereocenters. The van der Waals surface area contributed by atoms with Gasteiger partial charge in [-0.15, -0.1) is 11.3 Å². The Bertz CT molecular complexity index is 1380. The molecule has 0 fully saturated rings. The van der Waals surface area contributed by atoms with E-state index in [1.807, 2.05) is 0 Å². The Kier molecular flexibility index (Phi) is 6.14. The molecule has 0 aliphatic carbocycles. The SMILES string of the molecule is COc1ccc(S(=O)(=O)N(C)c2ccc3sc(C(=O)NCc4ccco4)cc3c2)cc1Cl. The number of amides is 1. The van der Waals surface area contributed by atoms with Crippen molar-refractivity contribution in [3.8, 4) is 5.75 Å². The maximum Gasteiger partial charge on any atom is 0.264 e. The molecule has 0 unspecified atom stereocenters. The summed E-state index contributed by atoms with van der Waals surface area (Å²) >= 11 is 7.44. The molecule has 0 aliphatic rings. The minimum absolute atomic E-state index is 0.0502. The predicted octanol–water partition coefficient (Wildman–Crippen LogP) is 4.91. The van der Waals surface area contributed by atoms with Crippen LogP contribution in [0.5, 0.6) is 5.75 Å². The first kappa shape index (κ1) is 22.2. The number of ether oxygens (including phenoxy) is 1. The summed E-state index contributed by atoms with van der Waals surface area (Å²) in [5.74, 6) is 0.830. The van der Waals surface area contributed by atoms with Crippen LogP contribution in [0.1, 0.15) is 15.4 Å². The second-order valence-electron chi connectivity index (χ2n) is 6.86. The average molecular weight is 491 g/mol. The molecule has 1 amide bonds. The third-order valence-electron chi connectivity index (χ3n) is 4.87. The van der Waals surface area contributed by atoms with Crippen molar-refractivity contribution in [1.82, 2.24) is 5.32 Å². The van der Waals surface area contributed by atoms with Gasteiger partial charge in [-0.05, 0) is 60.0 Å². The van der Waals surface area contributed by atoms with Crippen molar-refractivity contribution in [3.05, 3.63) is 76.5 Å². The first-order chi connectivity index (χ1) is 15.3. The van der Waals surface area contributed by atoms with Gasteiger partial charge in [0.15, 0.2) is 0 Å². The van der Waals surface area contributed by atoms with Gasteiger partial charge in [0.1, 0.15) is 11.5 Å². The molecule has 0 saturated heterocycles. The Morgan fingerprint density at radius 3 is 2.69 bits per heavy atom. The summed E-state index contributed by atoms with van der Waals surface area (Å²) in [7, 11) is -0.913. The van der Waals surface area contributed by atoms with E-state index in [1.54, 1.807) is 42.7 Å². The van der Waals surface area contributed by atoms with Gasteiger partial charge in [-0.25, -0.2) is 8.42 Å². The fourth-order valence-corrected chi connectivity index (χ4v) is 5.61. The molecule has 2 aromatic carbocycles. The largest absolute Gasteiger partial charge is 0.495 e. The van der Waals surface area contributed by atoms with Crippen LogP contribution in [0.15, 0.2) is 70.2 Å². The lowest BCUT2D eigenvalue weighted by Crippen LogP contribution is -2.26. The lowest BCUT2D eigenvalue weighted by molar-refractivity contribution is 0.0952. The first-order valence-corrected chi connectivity index (χ1v) is 12.1. The van der Waals surface area contributed by atoms with E-state index in [4.69, 9.17) is 20.8 Å². The Morgan fingerprint density at radius 2 is 2.00 bits per heavy atom. The minimum atomic E-state index is -3.84. The van der Waals surface area contributed by atoms with Gasteiger partial charge in [-0.3, -0.25) is 9.10 Å². The van der Waals surface area contributed by atoms with Gasteiger partial charge in [-0.2, -0.15) is 0 Å². The number of carbonyl (C=O) groups excluding carboxylic acids is 1. The van der Waals surface area contributed by atoms with Crippen LogP contribution in [0, 0.1) is 0 Å². The number of hydrogen-bond acceptors (Lipinski definition) is 6. The van der Waals surface area contributed by atoms with Crippen LogP contribution in [-0.2, 0) is 16.6 Å². The third-order valence-corrected chi connectivity index (χ3v) is 8.06. The molecule has 2 aromatic heterocycles. The molecule has 0 bridgehead atoms. The third kappa shape index (κ3) is 4.32. The minimum Gasteiger partial charge on any atom is -0.495 e. The van der Waals surface area contributed by atoms with Gasteiger partial charge in [0.2, 0.25) is 0 Å². The Hall–Kier alpha value is -3.01. The van der Waals surface area contributed by atoms with Crippen LogP contribution in [0.4, 0.5) is 5.69 Å². The maximum absolute atomic E-state index is 13.1. The van der Waals surface area contributed by atoms with E-state index in [1.165, 1.54) is 48.0 Å². The number of fused-ring (bicyclic) bond motifs is 1. The lowest BCUT2D eigenvalue weighted by Gasteiger charge is -2.20. The van der Waals surface area contributed by atoms with Crippen molar-refractivity contribution in [3.63, 3.8) is 0 Å². The fourth-order valence-electron chi connectivity index (χ4n) is 3.11. The molecule has 0 aliphatic heterocycles. The average Bonchev–Trinajstić information content (AvgIpc) is 3.46. The molecule has 7 nitrogen and oxygen atoms in total. The number of benzene rings is 2. The summed E-state index contributed by atoms with van der Waals surface area (Å²) in [6.45, 7) is 0.288. The number of anilines is 1. The number of nitrogens with one attached hydrogen (secondary N) is 1. The van der Waals surface area contributed by atoms with Gasteiger partial charge < -0.3 is 14.5 Å². The molecule has 32 heavy (non-hydrogen) atoms. The zero-order valence-corrected chi connectivity index (χ0v) is 19.6. The predicted molar refractivity (Wildman–Crippen MR) is 125 cm³/mol. The van der Waals surface area contributed by atoms with Crippen LogP contribution in [0.2, 0.25) is 5.02 Å². The van der Waals surface area contributed by atoms with Gasteiger partial charge in [0.25, 0.3) is 15.9 Å². The maximum atomic E-state index is 13.1. The lowest BCUT2D eigenvalue weighted by atomic mass is 10.2. The zero-order chi connectivity index (χ0) is 22.9. The highest BCUT2D eigenvalue weighted by atomic mass is 35.5. The molecule has 4 rings (SSSR count). The quantitative estimate of drug-likeness (QED) is 0.397. The fraction of sp³-hybridized carbons (Fsp3) is 0.136. The highest BCUT2D eigenvalue weighted by Crippen LogP contribution is 2.33. The Labute approximate surface area is 194 Å². The number of methoxy groups -OCH3 is 1. The number of furan rings is 1. The summed E-state index contributed by atoms with van der Waals surface area (Å²) in [5.41, 5.74) is 0.463. The molecule has 2 heterocycles. The topological polar surface area (TPSA) is 88.9 Å². The van der Waals surface area contributed by atoms with Crippen LogP contribution in [-0.4, -0.2) is 28.5 Å². The van der Waals surface area contributed by atoms with Crippen LogP contribution < -0.4 is 14.4 Å². The van der Waals surface area contributed by atoms with Crippen LogP contribution in [0.3, 0.4) is 0 Å². The van der Waals surface area contributed by atoms with Crippen molar-refractivity contribution >= 4 is 54.6 Å². The van der Waals surface area contributed by atoms with Gasteiger partial charge in [-0.1, -0.05) is 11.6 Å². The number of sulfonamides is 1. The number of hydrogen-bond donors (Lipinski definition) is 1. The van der Waals surface area contributed by atoms with Crippen molar-refractivity contribution in [2.45, 2.75) is 11.4 Å². The summed E-state index contributed by atoms with van der Waals surface area (Å²) in [5, 5.41) is 3.79. The normalized spacial score (nSPS) is 11.5. The standard InChI is InChI=1S/C22H19ClN2O5S2/c1-25(32(27,28)17-6-7-19(29-2)18(23)12-17)15-5-8-20-14(10-15)11-21(31-20)22(26)24-13-16-4-3-9-30-16/h3-12H,13H2,1-2H3,(H,24,26). The molecule has 0 saturated carbocycles. The highest BCUT2D eigenvalue weighted by Gasteiger charge is 2.23. The van der Waals surface area contributed by atoms with E-state index >= 15 is 0 Å². The first-order valence-electron chi connectivity index (χ1n) is 9.46.